The number of nitrogens with one attached hydrogen (secondary N) is 2. The van der Waals surface area contributed by atoms with Crippen LogP contribution in [0.15, 0.2) is 18.2 Å². The van der Waals surface area contributed by atoms with Crippen molar-refractivity contribution in [3.8, 4) is 11.8 Å². The second-order valence-electron chi connectivity index (χ2n) is 7.02. The van der Waals surface area contributed by atoms with Crippen LogP contribution in [-0.4, -0.2) is 31.0 Å². The summed E-state index contributed by atoms with van der Waals surface area (Å²) in [6, 6.07) is 7.05. The van der Waals surface area contributed by atoms with E-state index >= 15 is 0 Å². The van der Waals surface area contributed by atoms with E-state index in [0.717, 1.165) is 25.7 Å². The Morgan fingerprint density at radius 3 is 2.85 bits per heavy atom. The maximum Gasteiger partial charge on any atom is 0.239 e. The molecule has 26 heavy (non-hydrogen) atoms. The molecule has 2 aliphatic rings. The fourth-order valence-electron chi connectivity index (χ4n) is 3.68. The maximum absolute atomic E-state index is 13.0. The van der Waals surface area contributed by atoms with Gasteiger partial charge in [-0.1, -0.05) is 18.9 Å². The second kappa shape index (κ2) is 7.65. The quantitative estimate of drug-likeness (QED) is 0.545. The Balaban J connectivity index is 1.80. The molecule has 138 valence electrons. The van der Waals surface area contributed by atoms with Crippen molar-refractivity contribution in [3.05, 3.63) is 23.8 Å². The fourth-order valence-corrected chi connectivity index (χ4v) is 3.68. The van der Waals surface area contributed by atoms with Crippen molar-refractivity contribution in [3.63, 3.8) is 0 Å². The average molecular weight is 356 g/mol. The number of carbonyl (C=O) groups excluding carboxylic acids is 2. The molecule has 1 saturated carbocycles. The van der Waals surface area contributed by atoms with Gasteiger partial charge in [0.05, 0.1) is 5.69 Å². The van der Waals surface area contributed by atoms with E-state index in [9.17, 15) is 14.9 Å². The lowest BCUT2D eigenvalue weighted by atomic mass is 9.79. The number of hydrogen-bond acceptors (Lipinski definition) is 5. The second-order valence-corrected chi connectivity index (χ2v) is 7.02. The monoisotopic (exact) mass is 356 g/mol. The molecule has 1 heterocycles. The molecule has 2 amide bonds. The van der Waals surface area contributed by atoms with Crippen LogP contribution < -0.4 is 21.1 Å². The zero-order valence-electron chi connectivity index (χ0n) is 14.7. The molecule has 2 fully saturated rings. The van der Waals surface area contributed by atoms with Crippen LogP contribution in [-0.2, 0) is 9.59 Å². The Morgan fingerprint density at radius 1 is 1.38 bits per heavy atom. The number of nitrogens with two attached hydrogens (primary N) is 1. The van der Waals surface area contributed by atoms with Crippen molar-refractivity contribution < 1.29 is 14.3 Å². The number of benzene rings is 1. The molecule has 1 aromatic rings. The van der Waals surface area contributed by atoms with Gasteiger partial charge in [0, 0.05) is 12.6 Å². The number of amides is 2. The Bertz CT molecular complexity index is 737. The highest BCUT2D eigenvalue weighted by molar-refractivity contribution is 6.05. The lowest BCUT2D eigenvalue weighted by Gasteiger charge is -2.35. The molecule has 1 atom stereocenters. The number of ether oxygens (including phenoxy) is 1. The summed E-state index contributed by atoms with van der Waals surface area (Å²) in [6.07, 6.45) is 5.19. The smallest absolute Gasteiger partial charge is 0.239 e. The lowest BCUT2D eigenvalue weighted by Crippen LogP contribution is -2.58. The predicted octanol–water partition coefficient (Wildman–Crippen LogP) is 1.47. The van der Waals surface area contributed by atoms with E-state index in [0.29, 0.717) is 30.8 Å². The van der Waals surface area contributed by atoms with Crippen LogP contribution in [0.3, 0.4) is 0 Å². The zero-order chi connectivity index (χ0) is 18.6. The first-order valence-corrected chi connectivity index (χ1v) is 9.07. The average Bonchev–Trinajstić information content (AvgIpc) is 3.14. The van der Waals surface area contributed by atoms with Crippen molar-refractivity contribution in [2.75, 3.05) is 18.9 Å². The van der Waals surface area contributed by atoms with E-state index in [1.807, 2.05) is 6.07 Å². The van der Waals surface area contributed by atoms with E-state index in [4.69, 9.17) is 10.5 Å². The Hall–Kier alpha value is -2.75. The van der Waals surface area contributed by atoms with Gasteiger partial charge in [-0.2, -0.15) is 5.26 Å². The van der Waals surface area contributed by atoms with Crippen LogP contribution in [0.25, 0.3) is 0 Å². The first-order chi connectivity index (χ1) is 12.6. The highest BCUT2D eigenvalue weighted by Crippen LogP contribution is 2.32. The number of nitrogen functional groups attached to an aromatic ring is 1. The minimum absolute atomic E-state index is 0.116. The largest absolute Gasteiger partial charge is 0.490 e. The summed E-state index contributed by atoms with van der Waals surface area (Å²) in [6.45, 7) is 0.439. The molecule has 1 aliphatic carbocycles. The summed E-state index contributed by atoms with van der Waals surface area (Å²) in [5.74, 6) is -0.315. The van der Waals surface area contributed by atoms with Crippen molar-refractivity contribution in [2.24, 2.45) is 5.41 Å². The van der Waals surface area contributed by atoms with E-state index < -0.39 is 5.41 Å². The highest BCUT2D eigenvalue weighted by atomic mass is 16.5. The Morgan fingerprint density at radius 2 is 2.15 bits per heavy atom. The molecule has 0 spiro atoms. The number of hydrogen-bond donors (Lipinski definition) is 3. The summed E-state index contributed by atoms with van der Waals surface area (Å²) in [5.41, 5.74) is 5.05. The van der Waals surface area contributed by atoms with Crippen LogP contribution in [0, 0.1) is 16.7 Å². The Labute approximate surface area is 152 Å². The van der Waals surface area contributed by atoms with E-state index in [1.165, 1.54) is 0 Å². The molecule has 3 rings (SSSR count). The number of rotatable bonds is 5. The van der Waals surface area contributed by atoms with Gasteiger partial charge in [-0.15, -0.1) is 0 Å². The minimum Gasteiger partial charge on any atom is -0.490 e. The van der Waals surface area contributed by atoms with Crippen molar-refractivity contribution in [2.45, 2.75) is 44.6 Å². The number of nitriles is 1. The number of nitrogens with zero attached hydrogens (tertiary/aromatic N) is 1. The van der Waals surface area contributed by atoms with Gasteiger partial charge >= 0.3 is 0 Å². The Kier molecular flexibility index (Phi) is 5.31. The molecule has 0 aromatic heterocycles. The van der Waals surface area contributed by atoms with Crippen LogP contribution in [0.5, 0.6) is 5.75 Å². The van der Waals surface area contributed by atoms with Gasteiger partial charge in [0.1, 0.15) is 24.0 Å². The highest BCUT2D eigenvalue weighted by Gasteiger charge is 2.49. The summed E-state index contributed by atoms with van der Waals surface area (Å²) in [5, 5.41) is 15.1. The van der Waals surface area contributed by atoms with E-state index in [1.54, 1.807) is 18.2 Å². The normalized spacial score (nSPS) is 23.1. The van der Waals surface area contributed by atoms with Crippen LogP contribution in [0.2, 0.25) is 0 Å². The number of carbonyl (C=O) groups is 2. The topological polar surface area (TPSA) is 117 Å². The molecule has 7 heteroatoms. The van der Waals surface area contributed by atoms with Crippen molar-refractivity contribution in [1.29, 1.82) is 5.26 Å². The maximum atomic E-state index is 13.0. The molecule has 1 unspecified atom stereocenters. The summed E-state index contributed by atoms with van der Waals surface area (Å²) < 4.78 is 5.78. The third-order valence-corrected chi connectivity index (χ3v) is 5.27. The van der Waals surface area contributed by atoms with Crippen LogP contribution in [0.1, 0.15) is 44.1 Å². The third kappa shape index (κ3) is 3.45. The molecule has 1 saturated heterocycles. The zero-order valence-corrected chi connectivity index (χ0v) is 14.7. The molecule has 1 aromatic carbocycles. The first-order valence-electron chi connectivity index (χ1n) is 9.07. The number of piperidine rings is 1. The van der Waals surface area contributed by atoms with Gasteiger partial charge in [0.25, 0.3) is 0 Å². The molecular weight excluding hydrogens is 332 g/mol. The molecule has 0 radical (unpaired) electrons. The van der Waals surface area contributed by atoms with E-state index in [2.05, 4.69) is 10.6 Å². The van der Waals surface area contributed by atoms with Gasteiger partial charge in [0.15, 0.2) is 5.41 Å². The first kappa shape index (κ1) is 18.1. The SMILES string of the molecule is N#Cc1c(N)cccc1OCC1(C(=O)NC2CCCC2)CCCNC1=O. The summed E-state index contributed by atoms with van der Waals surface area (Å²) in [7, 11) is 0. The van der Waals surface area contributed by atoms with Gasteiger partial charge in [-0.25, -0.2) is 0 Å². The van der Waals surface area contributed by atoms with Gasteiger partial charge in [0.2, 0.25) is 11.8 Å². The third-order valence-electron chi connectivity index (χ3n) is 5.27. The lowest BCUT2D eigenvalue weighted by molar-refractivity contribution is -0.148. The predicted molar refractivity (Wildman–Crippen MR) is 96.1 cm³/mol. The fraction of sp³-hybridized carbons (Fsp3) is 0.526. The van der Waals surface area contributed by atoms with Crippen LogP contribution >= 0.6 is 0 Å². The standard InChI is InChI=1S/C19H24N4O3/c20-11-14-15(21)7-3-8-16(14)26-12-19(9-4-10-22-17(19)24)18(25)23-13-5-1-2-6-13/h3,7-8,13H,1-2,4-6,9-10,12,21H2,(H,22,24)(H,23,25). The van der Waals surface area contributed by atoms with Gasteiger partial charge < -0.3 is 21.1 Å². The molecule has 0 bridgehead atoms. The van der Waals surface area contributed by atoms with Crippen molar-refractivity contribution in [1.82, 2.24) is 10.6 Å². The summed E-state index contributed by atoms with van der Waals surface area (Å²) >= 11 is 0. The summed E-state index contributed by atoms with van der Waals surface area (Å²) in [4.78, 5) is 25.6. The van der Waals surface area contributed by atoms with Gasteiger partial charge in [-0.05, 0) is 37.8 Å². The molecule has 7 nitrogen and oxygen atoms in total. The minimum atomic E-state index is -1.28. The molecular formula is C19H24N4O3. The molecule has 4 N–H and O–H groups in total. The molecule has 1 aliphatic heterocycles. The van der Waals surface area contributed by atoms with E-state index in [-0.39, 0.29) is 30.0 Å². The van der Waals surface area contributed by atoms with Crippen LogP contribution in [0.4, 0.5) is 5.69 Å². The van der Waals surface area contributed by atoms with Crippen molar-refractivity contribution >= 4 is 17.5 Å². The number of anilines is 1. The van der Waals surface area contributed by atoms with Gasteiger partial charge in [-0.3, -0.25) is 9.59 Å².